The Hall–Kier alpha value is -1.78. The standard InChI is InChI=1S/C12H11F3O2/c1-2-17-11(16)6-4-8-3-5-9(12(14)15)10(13)7-8/h3-7,12H,2H2,1H3. The highest BCUT2D eigenvalue weighted by molar-refractivity contribution is 5.87. The van der Waals surface area contributed by atoms with E-state index in [1.807, 2.05) is 0 Å². The van der Waals surface area contributed by atoms with E-state index in [2.05, 4.69) is 4.74 Å². The third-order valence-corrected chi connectivity index (χ3v) is 1.96. The Labute approximate surface area is 96.7 Å². The molecule has 0 aliphatic carbocycles. The molecule has 0 bridgehead atoms. The zero-order chi connectivity index (χ0) is 12.8. The van der Waals surface area contributed by atoms with Crippen molar-refractivity contribution in [3.05, 3.63) is 41.2 Å². The van der Waals surface area contributed by atoms with Gasteiger partial charge in [0, 0.05) is 6.08 Å². The second-order valence-electron chi connectivity index (χ2n) is 3.17. The minimum Gasteiger partial charge on any atom is -0.463 e. The molecule has 1 rings (SSSR count). The van der Waals surface area contributed by atoms with Crippen LogP contribution in [0.5, 0.6) is 0 Å². The summed E-state index contributed by atoms with van der Waals surface area (Å²) in [7, 11) is 0. The molecular weight excluding hydrogens is 233 g/mol. The number of rotatable bonds is 4. The molecule has 0 aromatic heterocycles. The summed E-state index contributed by atoms with van der Waals surface area (Å²) in [5.41, 5.74) is -0.335. The summed E-state index contributed by atoms with van der Waals surface area (Å²) in [6, 6.07) is 3.24. The van der Waals surface area contributed by atoms with E-state index in [0.29, 0.717) is 5.56 Å². The molecule has 0 unspecified atom stereocenters. The number of carbonyl (C=O) groups is 1. The molecule has 1 aromatic carbocycles. The number of esters is 1. The van der Waals surface area contributed by atoms with Crippen molar-refractivity contribution in [2.24, 2.45) is 0 Å². The van der Waals surface area contributed by atoms with E-state index in [1.54, 1.807) is 6.92 Å². The Kier molecular flexibility index (Phi) is 4.75. The highest BCUT2D eigenvalue weighted by Gasteiger charge is 2.12. The summed E-state index contributed by atoms with van der Waals surface area (Å²) in [6.07, 6.45) is -0.436. The number of benzene rings is 1. The van der Waals surface area contributed by atoms with Crippen molar-refractivity contribution in [3.8, 4) is 0 Å². The van der Waals surface area contributed by atoms with Crippen LogP contribution in [0.1, 0.15) is 24.5 Å². The van der Waals surface area contributed by atoms with Crippen LogP contribution in [0.15, 0.2) is 24.3 Å². The van der Waals surface area contributed by atoms with E-state index in [4.69, 9.17) is 0 Å². The number of ether oxygens (including phenoxy) is 1. The highest BCUT2D eigenvalue weighted by atomic mass is 19.3. The van der Waals surface area contributed by atoms with Crippen LogP contribution in [0.25, 0.3) is 6.08 Å². The molecule has 2 nitrogen and oxygen atoms in total. The molecule has 0 amide bonds. The number of hydrogen-bond donors (Lipinski definition) is 0. The smallest absolute Gasteiger partial charge is 0.330 e. The molecule has 0 saturated heterocycles. The molecule has 0 aliphatic heterocycles. The lowest BCUT2D eigenvalue weighted by Crippen LogP contribution is -1.98. The minimum atomic E-state index is -2.85. The van der Waals surface area contributed by atoms with E-state index in [-0.39, 0.29) is 6.61 Å². The predicted octanol–water partition coefficient (Wildman–Crippen LogP) is 3.34. The van der Waals surface area contributed by atoms with Crippen LogP contribution in [0.4, 0.5) is 13.2 Å². The van der Waals surface area contributed by atoms with Gasteiger partial charge in [0.25, 0.3) is 6.43 Å². The second-order valence-corrected chi connectivity index (χ2v) is 3.17. The fourth-order valence-corrected chi connectivity index (χ4v) is 1.18. The lowest BCUT2D eigenvalue weighted by molar-refractivity contribution is -0.137. The normalized spacial score (nSPS) is 11.1. The lowest BCUT2D eigenvalue weighted by Gasteiger charge is -2.02. The van der Waals surface area contributed by atoms with Crippen LogP contribution >= 0.6 is 0 Å². The van der Waals surface area contributed by atoms with E-state index in [1.165, 1.54) is 12.1 Å². The van der Waals surface area contributed by atoms with Gasteiger partial charge in [-0.15, -0.1) is 0 Å². The van der Waals surface area contributed by atoms with Crippen molar-refractivity contribution in [1.82, 2.24) is 0 Å². The topological polar surface area (TPSA) is 26.3 Å². The van der Waals surface area contributed by atoms with Gasteiger partial charge in [0.2, 0.25) is 0 Å². The van der Waals surface area contributed by atoms with Crippen LogP contribution in [-0.2, 0) is 9.53 Å². The summed E-state index contributed by atoms with van der Waals surface area (Å²) < 4.78 is 42.2. The highest BCUT2D eigenvalue weighted by Crippen LogP contribution is 2.22. The maximum atomic E-state index is 13.1. The summed E-state index contributed by atoms with van der Waals surface area (Å²) in [4.78, 5) is 11.0. The van der Waals surface area contributed by atoms with Crippen molar-refractivity contribution in [3.63, 3.8) is 0 Å². The average molecular weight is 244 g/mol. The molecule has 0 N–H and O–H groups in total. The summed E-state index contributed by atoms with van der Waals surface area (Å²) in [5.74, 6) is -1.56. The van der Waals surface area contributed by atoms with E-state index in [9.17, 15) is 18.0 Å². The second kappa shape index (κ2) is 6.08. The molecule has 0 radical (unpaired) electrons. The first-order valence-corrected chi connectivity index (χ1v) is 4.97. The van der Waals surface area contributed by atoms with Gasteiger partial charge in [-0.1, -0.05) is 6.07 Å². The lowest BCUT2D eigenvalue weighted by atomic mass is 10.1. The van der Waals surface area contributed by atoms with Crippen molar-refractivity contribution < 1.29 is 22.7 Å². The van der Waals surface area contributed by atoms with Crippen LogP contribution in [0.2, 0.25) is 0 Å². The molecule has 0 fully saturated rings. The SMILES string of the molecule is CCOC(=O)C=Cc1ccc(C(F)F)c(F)c1. The Morgan fingerprint density at radius 3 is 2.71 bits per heavy atom. The Morgan fingerprint density at radius 2 is 2.18 bits per heavy atom. The van der Waals surface area contributed by atoms with Crippen molar-refractivity contribution in [2.45, 2.75) is 13.3 Å². The average Bonchev–Trinajstić information content (AvgIpc) is 2.26. The number of hydrogen-bond acceptors (Lipinski definition) is 2. The molecule has 1 aromatic rings. The fraction of sp³-hybridized carbons (Fsp3) is 0.250. The van der Waals surface area contributed by atoms with E-state index >= 15 is 0 Å². The molecular formula is C12H11F3O2. The first-order valence-electron chi connectivity index (χ1n) is 4.97. The predicted molar refractivity (Wildman–Crippen MR) is 57.0 cm³/mol. The quantitative estimate of drug-likeness (QED) is 0.599. The molecule has 92 valence electrons. The number of carbonyl (C=O) groups excluding carboxylic acids is 1. The summed E-state index contributed by atoms with van der Waals surface area (Å²) in [6.45, 7) is 1.89. The van der Waals surface area contributed by atoms with Crippen molar-refractivity contribution >= 4 is 12.0 Å². The zero-order valence-corrected chi connectivity index (χ0v) is 9.12. The van der Waals surface area contributed by atoms with Gasteiger partial charge in [0.15, 0.2) is 0 Å². The Balaban J connectivity index is 2.80. The van der Waals surface area contributed by atoms with E-state index < -0.39 is 23.8 Å². The van der Waals surface area contributed by atoms with Gasteiger partial charge in [0.1, 0.15) is 5.82 Å². The van der Waals surface area contributed by atoms with Crippen molar-refractivity contribution in [2.75, 3.05) is 6.61 Å². The zero-order valence-electron chi connectivity index (χ0n) is 9.12. The maximum Gasteiger partial charge on any atom is 0.330 e. The third-order valence-electron chi connectivity index (χ3n) is 1.96. The third kappa shape index (κ3) is 3.94. The van der Waals surface area contributed by atoms with Gasteiger partial charge >= 0.3 is 5.97 Å². The van der Waals surface area contributed by atoms with Crippen molar-refractivity contribution in [1.29, 1.82) is 0 Å². The first kappa shape index (κ1) is 13.3. The van der Waals surface area contributed by atoms with Crippen LogP contribution < -0.4 is 0 Å². The Morgan fingerprint density at radius 1 is 1.47 bits per heavy atom. The van der Waals surface area contributed by atoms with E-state index in [0.717, 1.165) is 18.2 Å². The van der Waals surface area contributed by atoms with Gasteiger partial charge in [-0.05, 0) is 30.7 Å². The fourth-order valence-electron chi connectivity index (χ4n) is 1.18. The van der Waals surface area contributed by atoms with Gasteiger partial charge in [0.05, 0.1) is 12.2 Å². The number of halogens is 3. The Bertz CT molecular complexity index is 428. The first-order chi connectivity index (χ1) is 8.04. The summed E-state index contributed by atoms with van der Waals surface area (Å²) in [5, 5.41) is 0. The largest absolute Gasteiger partial charge is 0.463 e. The molecule has 0 heterocycles. The molecule has 17 heavy (non-hydrogen) atoms. The van der Waals surface area contributed by atoms with Crippen LogP contribution in [-0.4, -0.2) is 12.6 Å². The minimum absolute atomic E-state index is 0.238. The number of alkyl halides is 2. The molecule has 0 aliphatic rings. The monoisotopic (exact) mass is 244 g/mol. The van der Waals surface area contributed by atoms with Crippen LogP contribution in [0, 0.1) is 5.82 Å². The maximum absolute atomic E-state index is 13.1. The molecule has 5 heteroatoms. The molecule has 0 atom stereocenters. The molecule has 0 saturated carbocycles. The van der Waals surface area contributed by atoms with Gasteiger partial charge in [-0.25, -0.2) is 18.0 Å². The van der Waals surface area contributed by atoms with Crippen LogP contribution in [0.3, 0.4) is 0 Å². The van der Waals surface area contributed by atoms with Gasteiger partial charge in [-0.2, -0.15) is 0 Å². The summed E-state index contributed by atoms with van der Waals surface area (Å²) >= 11 is 0. The van der Waals surface area contributed by atoms with Gasteiger partial charge in [-0.3, -0.25) is 0 Å². The molecule has 0 spiro atoms. The van der Waals surface area contributed by atoms with Gasteiger partial charge < -0.3 is 4.74 Å².